The van der Waals surface area contributed by atoms with E-state index in [4.69, 9.17) is 0 Å². The summed E-state index contributed by atoms with van der Waals surface area (Å²) < 4.78 is 40.6. The summed E-state index contributed by atoms with van der Waals surface area (Å²) in [6, 6.07) is 9.03. The van der Waals surface area contributed by atoms with E-state index in [2.05, 4.69) is 6.58 Å². The van der Waals surface area contributed by atoms with E-state index in [9.17, 15) is 18.0 Å². The monoisotopic (exact) mass is 378 g/mol. The number of alkyl halides is 3. The Morgan fingerprint density at radius 3 is 2.63 bits per heavy atom. The third kappa shape index (κ3) is 6.01. The Morgan fingerprint density at radius 2 is 2.00 bits per heavy atom. The first-order chi connectivity index (χ1) is 12.7. The lowest BCUT2D eigenvalue weighted by molar-refractivity contribution is -0.137. The quantitative estimate of drug-likeness (QED) is 0.586. The molecule has 0 aliphatic carbocycles. The van der Waals surface area contributed by atoms with E-state index < -0.39 is 11.7 Å². The maximum atomic E-state index is 12.9. The minimum absolute atomic E-state index is 0.0386. The Bertz CT molecular complexity index is 778. The second kappa shape index (κ2) is 8.93. The lowest BCUT2D eigenvalue weighted by Crippen LogP contribution is -2.32. The molecule has 1 aromatic carbocycles. The Labute approximate surface area is 158 Å². The molecule has 6 heteroatoms. The molecule has 0 N–H and O–H groups in total. The second-order valence-corrected chi connectivity index (χ2v) is 6.99. The van der Waals surface area contributed by atoms with Crippen molar-refractivity contribution in [3.05, 3.63) is 72.1 Å². The fourth-order valence-electron chi connectivity index (χ4n) is 2.87. The van der Waals surface area contributed by atoms with Crippen molar-refractivity contribution < 1.29 is 18.0 Å². The SMILES string of the molecule is C=CCN(Cc1cccn1Cc1cccc(C(F)(F)F)c1)C(=O)CC(C)C. The van der Waals surface area contributed by atoms with E-state index in [0.717, 1.165) is 17.8 Å². The highest BCUT2D eigenvalue weighted by molar-refractivity contribution is 5.76. The van der Waals surface area contributed by atoms with Gasteiger partial charge in [-0.05, 0) is 35.7 Å². The second-order valence-electron chi connectivity index (χ2n) is 6.99. The van der Waals surface area contributed by atoms with Crippen molar-refractivity contribution in [3.8, 4) is 0 Å². The zero-order valence-electron chi connectivity index (χ0n) is 15.7. The van der Waals surface area contributed by atoms with E-state index in [-0.39, 0.29) is 11.8 Å². The number of hydrogen-bond donors (Lipinski definition) is 0. The summed E-state index contributed by atoms with van der Waals surface area (Å²) in [6.07, 6.45) is -0.422. The van der Waals surface area contributed by atoms with Crippen molar-refractivity contribution in [1.82, 2.24) is 9.47 Å². The molecule has 1 amide bonds. The molecular formula is C21H25F3N2O. The van der Waals surface area contributed by atoms with Gasteiger partial charge in [-0.15, -0.1) is 6.58 Å². The van der Waals surface area contributed by atoms with Gasteiger partial charge in [0.1, 0.15) is 0 Å². The molecule has 146 valence electrons. The van der Waals surface area contributed by atoms with E-state index in [1.807, 2.05) is 36.7 Å². The van der Waals surface area contributed by atoms with Crippen molar-refractivity contribution >= 4 is 5.91 Å². The summed E-state index contributed by atoms with van der Waals surface area (Å²) in [7, 11) is 0. The fraction of sp³-hybridized carbons (Fsp3) is 0.381. The van der Waals surface area contributed by atoms with Gasteiger partial charge >= 0.3 is 6.18 Å². The predicted octanol–water partition coefficient (Wildman–Crippen LogP) is 5.12. The maximum absolute atomic E-state index is 12.9. The first-order valence-corrected chi connectivity index (χ1v) is 8.89. The van der Waals surface area contributed by atoms with Gasteiger partial charge in [-0.1, -0.05) is 32.1 Å². The number of halogens is 3. The number of benzene rings is 1. The number of amides is 1. The number of rotatable bonds is 8. The van der Waals surface area contributed by atoms with Crippen molar-refractivity contribution in [2.24, 2.45) is 5.92 Å². The Hall–Kier alpha value is -2.50. The first kappa shape index (κ1) is 20.8. The highest BCUT2D eigenvalue weighted by Crippen LogP contribution is 2.29. The summed E-state index contributed by atoms with van der Waals surface area (Å²) in [5.74, 6) is 0.290. The summed E-state index contributed by atoms with van der Waals surface area (Å²) in [6.45, 7) is 8.82. The Kier molecular flexibility index (Phi) is 6.88. The molecular weight excluding hydrogens is 353 g/mol. The van der Waals surface area contributed by atoms with Gasteiger partial charge in [0.25, 0.3) is 0 Å². The number of nitrogens with zero attached hydrogens (tertiary/aromatic N) is 2. The van der Waals surface area contributed by atoms with Crippen LogP contribution in [0.25, 0.3) is 0 Å². The molecule has 3 nitrogen and oxygen atoms in total. The zero-order valence-corrected chi connectivity index (χ0v) is 15.7. The maximum Gasteiger partial charge on any atom is 0.416 e. The normalized spacial score (nSPS) is 11.6. The van der Waals surface area contributed by atoms with Crippen molar-refractivity contribution in [3.63, 3.8) is 0 Å². The molecule has 0 saturated heterocycles. The molecule has 0 fully saturated rings. The van der Waals surface area contributed by atoms with Crippen LogP contribution in [0, 0.1) is 5.92 Å². The average Bonchev–Trinajstić information content (AvgIpc) is 3.00. The van der Waals surface area contributed by atoms with Crippen LogP contribution in [0.4, 0.5) is 13.2 Å². The largest absolute Gasteiger partial charge is 0.416 e. The summed E-state index contributed by atoms with van der Waals surface area (Å²) >= 11 is 0. The van der Waals surface area contributed by atoms with Gasteiger partial charge in [0.05, 0.1) is 12.1 Å². The number of hydrogen-bond acceptors (Lipinski definition) is 1. The predicted molar refractivity (Wildman–Crippen MR) is 100 cm³/mol. The number of aromatic nitrogens is 1. The van der Waals surface area contributed by atoms with Crippen LogP contribution in [0.5, 0.6) is 0 Å². The Balaban J connectivity index is 2.17. The summed E-state index contributed by atoms with van der Waals surface area (Å²) in [5.41, 5.74) is 0.770. The highest BCUT2D eigenvalue weighted by Gasteiger charge is 2.30. The molecule has 1 heterocycles. The molecule has 0 aliphatic rings. The first-order valence-electron chi connectivity index (χ1n) is 8.89. The molecule has 0 saturated carbocycles. The molecule has 1 aromatic heterocycles. The standard InChI is InChI=1S/C21H25F3N2O/c1-4-10-26(20(27)12-16(2)3)15-19-9-6-11-25(19)14-17-7-5-8-18(13-17)21(22,23)24/h4-9,11,13,16H,1,10,12,14-15H2,2-3H3. The molecule has 0 bridgehead atoms. The van der Waals surface area contributed by atoms with Gasteiger partial charge in [0, 0.05) is 31.4 Å². The lowest BCUT2D eigenvalue weighted by Gasteiger charge is -2.23. The summed E-state index contributed by atoms with van der Waals surface area (Å²) in [4.78, 5) is 14.2. The Morgan fingerprint density at radius 1 is 1.26 bits per heavy atom. The lowest BCUT2D eigenvalue weighted by atomic mass is 10.1. The molecule has 2 aromatic rings. The van der Waals surface area contributed by atoms with Crippen molar-refractivity contribution in [2.75, 3.05) is 6.54 Å². The number of carbonyl (C=O) groups excluding carboxylic acids is 1. The fourth-order valence-corrected chi connectivity index (χ4v) is 2.87. The van der Waals surface area contributed by atoms with E-state index in [1.165, 1.54) is 6.07 Å². The van der Waals surface area contributed by atoms with Crippen LogP contribution in [0.3, 0.4) is 0 Å². The van der Waals surface area contributed by atoms with Gasteiger partial charge in [0.2, 0.25) is 5.91 Å². The van der Waals surface area contributed by atoms with Crippen LogP contribution in [0.2, 0.25) is 0 Å². The topological polar surface area (TPSA) is 25.2 Å². The third-order valence-corrected chi connectivity index (χ3v) is 4.17. The van der Waals surface area contributed by atoms with Gasteiger partial charge < -0.3 is 9.47 Å². The van der Waals surface area contributed by atoms with E-state index in [1.54, 1.807) is 17.0 Å². The van der Waals surface area contributed by atoms with Crippen LogP contribution in [-0.4, -0.2) is 21.9 Å². The van der Waals surface area contributed by atoms with Crippen LogP contribution >= 0.6 is 0 Å². The molecule has 2 rings (SSSR count). The van der Waals surface area contributed by atoms with Crippen molar-refractivity contribution in [2.45, 2.75) is 39.5 Å². The molecule has 27 heavy (non-hydrogen) atoms. The minimum Gasteiger partial charge on any atom is -0.345 e. The van der Waals surface area contributed by atoms with Gasteiger partial charge in [-0.25, -0.2) is 0 Å². The van der Waals surface area contributed by atoms with Crippen LogP contribution in [-0.2, 0) is 24.1 Å². The van der Waals surface area contributed by atoms with Crippen LogP contribution < -0.4 is 0 Å². The van der Waals surface area contributed by atoms with Gasteiger partial charge in [-0.2, -0.15) is 13.2 Å². The van der Waals surface area contributed by atoms with Crippen LogP contribution in [0.15, 0.2) is 55.3 Å². The molecule has 0 spiro atoms. The van der Waals surface area contributed by atoms with Crippen LogP contribution in [0.1, 0.15) is 37.1 Å². The third-order valence-electron chi connectivity index (χ3n) is 4.17. The molecule has 0 atom stereocenters. The van der Waals surface area contributed by atoms with Gasteiger partial charge in [-0.3, -0.25) is 4.79 Å². The zero-order chi connectivity index (χ0) is 20.0. The average molecular weight is 378 g/mol. The molecule has 0 radical (unpaired) electrons. The molecule has 0 aliphatic heterocycles. The molecule has 0 unspecified atom stereocenters. The van der Waals surface area contributed by atoms with Gasteiger partial charge in [0.15, 0.2) is 0 Å². The highest BCUT2D eigenvalue weighted by atomic mass is 19.4. The minimum atomic E-state index is -4.36. The number of carbonyl (C=O) groups is 1. The van der Waals surface area contributed by atoms with Crippen molar-refractivity contribution in [1.29, 1.82) is 0 Å². The smallest absolute Gasteiger partial charge is 0.345 e. The van der Waals surface area contributed by atoms with E-state index in [0.29, 0.717) is 31.6 Å². The van der Waals surface area contributed by atoms with E-state index >= 15 is 0 Å². The summed E-state index contributed by atoms with van der Waals surface area (Å²) in [5, 5.41) is 0.